The van der Waals surface area contributed by atoms with Gasteiger partial charge in [0, 0.05) is 12.1 Å². The van der Waals surface area contributed by atoms with E-state index in [1.165, 1.54) is 6.07 Å². The summed E-state index contributed by atoms with van der Waals surface area (Å²) in [4.78, 5) is 0. The Morgan fingerprint density at radius 2 is 1.47 bits per heavy atom. The first-order valence-electron chi connectivity index (χ1n) is 11.9. The Bertz CT molecular complexity index is 893. The Morgan fingerprint density at radius 3 is 2.12 bits per heavy atom. The minimum Gasteiger partial charge on any atom is -0.493 e. The summed E-state index contributed by atoms with van der Waals surface area (Å²) in [5.74, 6) is 2.07. The van der Waals surface area contributed by atoms with Gasteiger partial charge >= 0.3 is 0 Å². The minimum atomic E-state index is -0.393. The Balaban J connectivity index is 1.79. The molecule has 5 heteroatoms. The number of fused-ring (bicyclic) bond motifs is 1. The highest BCUT2D eigenvalue weighted by atomic mass is 19.1. The first-order chi connectivity index (χ1) is 15.7. The van der Waals surface area contributed by atoms with Crippen molar-refractivity contribution in [2.24, 2.45) is 0 Å². The van der Waals surface area contributed by atoms with Crippen LogP contribution in [0.25, 0.3) is 6.08 Å². The highest BCUT2D eigenvalue weighted by Crippen LogP contribution is 2.41. The maximum atomic E-state index is 14.6. The van der Waals surface area contributed by atoms with Gasteiger partial charge in [0.05, 0.1) is 25.4 Å². The number of unbranched alkanes of at least 4 members (excludes halogenated alkanes) is 3. The highest BCUT2D eigenvalue weighted by molar-refractivity contribution is 5.69. The summed E-state index contributed by atoms with van der Waals surface area (Å²) in [5, 5.41) is 0. The largest absolute Gasteiger partial charge is 0.493 e. The molecule has 1 aliphatic heterocycles. The molecular formula is C27H35FO4. The van der Waals surface area contributed by atoms with Crippen molar-refractivity contribution < 1.29 is 23.3 Å². The van der Waals surface area contributed by atoms with Crippen molar-refractivity contribution in [3.63, 3.8) is 0 Å². The van der Waals surface area contributed by atoms with Crippen molar-refractivity contribution >= 4 is 6.08 Å². The first kappa shape index (κ1) is 24.0. The molecular weight excluding hydrogens is 407 g/mol. The predicted molar refractivity (Wildman–Crippen MR) is 126 cm³/mol. The van der Waals surface area contributed by atoms with Gasteiger partial charge in [-0.05, 0) is 49.1 Å². The fourth-order valence-electron chi connectivity index (χ4n) is 3.38. The van der Waals surface area contributed by atoms with Crippen LogP contribution in [0.3, 0.4) is 0 Å². The first-order valence-corrected chi connectivity index (χ1v) is 11.9. The van der Waals surface area contributed by atoms with Gasteiger partial charge in [-0.2, -0.15) is 0 Å². The smallest absolute Gasteiger partial charge is 0.165 e. The SMILES string of the molecule is CCCCOc1cc(OCCCC)c2c(c1)OC(c1ccc(OCCCC)c(F)c1)C=C2. The summed E-state index contributed by atoms with van der Waals surface area (Å²) in [5.41, 5.74) is 1.62. The summed E-state index contributed by atoms with van der Waals surface area (Å²) in [7, 11) is 0. The molecule has 1 heterocycles. The van der Waals surface area contributed by atoms with Crippen molar-refractivity contribution in [2.45, 2.75) is 65.4 Å². The van der Waals surface area contributed by atoms with Gasteiger partial charge in [-0.3, -0.25) is 0 Å². The molecule has 3 rings (SSSR count). The van der Waals surface area contributed by atoms with Crippen molar-refractivity contribution in [3.8, 4) is 23.0 Å². The zero-order valence-corrected chi connectivity index (χ0v) is 19.5. The van der Waals surface area contributed by atoms with Crippen molar-refractivity contribution in [1.29, 1.82) is 0 Å². The summed E-state index contributed by atoms with van der Waals surface area (Å²) in [6.07, 6.45) is 9.53. The Labute approximate surface area is 191 Å². The van der Waals surface area contributed by atoms with Crippen LogP contribution in [-0.4, -0.2) is 19.8 Å². The average Bonchev–Trinajstić information content (AvgIpc) is 2.80. The molecule has 0 amide bonds. The molecule has 0 fully saturated rings. The van der Waals surface area contributed by atoms with Gasteiger partial charge in [0.15, 0.2) is 11.6 Å². The summed E-state index contributed by atoms with van der Waals surface area (Å²) >= 11 is 0. The van der Waals surface area contributed by atoms with Gasteiger partial charge in [0.1, 0.15) is 23.4 Å². The molecule has 0 aliphatic carbocycles. The third-order valence-corrected chi connectivity index (χ3v) is 5.33. The van der Waals surface area contributed by atoms with E-state index in [4.69, 9.17) is 18.9 Å². The lowest BCUT2D eigenvalue weighted by molar-refractivity contribution is 0.241. The number of ether oxygens (including phenoxy) is 4. The third kappa shape index (κ3) is 6.41. The number of hydrogen-bond donors (Lipinski definition) is 0. The standard InChI is InChI=1S/C27H35FO4/c1-4-7-14-29-21-18-26(31-16-9-6-3)22-11-13-24(32-27(22)19-21)20-10-12-25(23(28)17-20)30-15-8-5-2/h10-13,17-19,24H,4-9,14-16H2,1-3H3. The molecule has 1 atom stereocenters. The molecule has 0 saturated carbocycles. The van der Waals surface area contributed by atoms with E-state index in [1.807, 2.05) is 30.4 Å². The van der Waals surface area contributed by atoms with Gasteiger partial charge in [0.2, 0.25) is 0 Å². The predicted octanol–water partition coefficient (Wildman–Crippen LogP) is 7.51. The third-order valence-electron chi connectivity index (χ3n) is 5.33. The van der Waals surface area contributed by atoms with Gasteiger partial charge in [-0.25, -0.2) is 4.39 Å². The van der Waals surface area contributed by atoms with Gasteiger partial charge in [-0.15, -0.1) is 0 Å². The van der Waals surface area contributed by atoms with Crippen LogP contribution in [0.5, 0.6) is 23.0 Å². The molecule has 1 unspecified atom stereocenters. The van der Waals surface area contributed by atoms with Crippen molar-refractivity contribution in [3.05, 3.63) is 53.4 Å². The van der Waals surface area contributed by atoms with E-state index < -0.39 is 6.10 Å². The van der Waals surface area contributed by atoms with Crippen LogP contribution in [0.4, 0.5) is 4.39 Å². The molecule has 0 aromatic heterocycles. The molecule has 2 aromatic carbocycles. The van der Waals surface area contributed by atoms with Gasteiger partial charge in [-0.1, -0.05) is 46.1 Å². The minimum absolute atomic E-state index is 0.278. The molecule has 0 N–H and O–H groups in total. The fourth-order valence-corrected chi connectivity index (χ4v) is 3.38. The highest BCUT2D eigenvalue weighted by Gasteiger charge is 2.22. The molecule has 174 valence electrons. The number of hydrogen-bond acceptors (Lipinski definition) is 4. The molecule has 32 heavy (non-hydrogen) atoms. The zero-order valence-electron chi connectivity index (χ0n) is 19.5. The van der Waals surface area contributed by atoms with Crippen LogP contribution in [0.2, 0.25) is 0 Å². The molecule has 0 spiro atoms. The molecule has 4 nitrogen and oxygen atoms in total. The van der Waals surface area contributed by atoms with E-state index in [0.717, 1.165) is 61.2 Å². The molecule has 0 radical (unpaired) electrons. The Morgan fingerprint density at radius 1 is 0.812 bits per heavy atom. The summed E-state index contributed by atoms with van der Waals surface area (Å²) in [6.45, 7) is 8.15. The Hall–Kier alpha value is -2.69. The molecule has 0 saturated heterocycles. The number of halogens is 1. The molecule has 0 bridgehead atoms. The zero-order chi connectivity index (χ0) is 22.8. The van der Waals surface area contributed by atoms with Crippen LogP contribution < -0.4 is 18.9 Å². The normalized spacial score (nSPS) is 14.6. The average molecular weight is 443 g/mol. The molecule has 1 aliphatic rings. The van der Waals surface area contributed by atoms with Gasteiger partial charge in [0.25, 0.3) is 0 Å². The maximum Gasteiger partial charge on any atom is 0.165 e. The second-order valence-corrected chi connectivity index (χ2v) is 8.03. The Kier molecular flexibility index (Phi) is 9.27. The van der Waals surface area contributed by atoms with Crippen LogP contribution in [-0.2, 0) is 0 Å². The van der Waals surface area contributed by atoms with Crippen molar-refractivity contribution in [2.75, 3.05) is 19.8 Å². The second-order valence-electron chi connectivity index (χ2n) is 8.03. The molecule has 2 aromatic rings. The number of rotatable bonds is 13. The van der Waals surface area contributed by atoms with E-state index in [0.29, 0.717) is 25.6 Å². The van der Waals surface area contributed by atoms with Crippen molar-refractivity contribution in [1.82, 2.24) is 0 Å². The lowest BCUT2D eigenvalue weighted by atomic mass is 10.0. The quantitative estimate of drug-likeness (QED) is 0.301. The van der Waals surface area contributed by atoms with E-state index in [1.54, 1.807) is 6.07 Å². The monoisotopic (exact) mass is 442 g/mol. The van der Waals surface area contributed by atoms with E-state index in [9.17, 15) is 4.39 Å². The lowest BCUT2D eigenvalue weighted by Crippen LogP contribution is -2.11. The van der Waals surface area contributed by atoms with Crippen LogP contribution in [0.15, 0.2) is 36.4 Å². The van der Waals surface area contributed by atoms with E-state index >= 15 is 0 Å². The lowest BCUT2D eigenvalue weighted by Gasteiger charge is -2.24. The number of benzene rings is 2. The fraction of sp³-hybridized carbons (Fsp3) is 0.481. The van der Waals surface area contributed by atoms with E-state index in [-0.39, 0.29) is 11.6 Å². The van der Waals surface area contributed by atoms with Gasteiger partial charge < -0.3 is 18.9 Å². The van der Waals surface area contributed by atoms with Crippen LogP contribution in [0.1, 0.15) is 76.5 Å². The summed E-state index contributed by atoms with van der Waals surface area (Å²) < 4.78 is 38.3. The van der Waals surface area contributed by atoms with E-state index in [2.05, 4.69) is 20.8 Å². The van der Waals surface area contributed by atoms with Crippen LogP contribution in [0, 0.1) is 5.82 Å². The second kappa shape index (κ2) is 12.4. The topological polar surface area (TPSA) is 36.9 Å². The summed E-state index contributed by atoms with van der Waals surface area (Å²) in [6, 6.07) is 8.84. The van der Waals surface area contributed by atoms with Crippen LogP contribution >= 0.6 is 0 Å². The maximum absolute atomic E-state index is 14.6.